The number of anilines is 1. The lowest BCUT2D eigenvalue weighted by Crippen LogP contribution is -2.35. The summed E-state index contributed by atoms with van der Waals surface area (Å²) in [5, 5.41) is 5.94. The fraction of sp³-hybridized carbons (Fsp3) is 0.500. The SMILES string of the molecule is O=C(CN1CCCNCC1)Nc1ccc(F)cn1. The molecule has 2 heterocycles. The monoisotopic (exact) mass is 252 g/mol. The van der Waals surface area contributed by atoms with E-state index in [1.807, 2.05) is 0 Å². The Bertz CT molecular complexity index is 388. The molecule has 0 saturated carbocycles. The first-order valence-corrected chi connectivity index (χ1v) is 6.08. The number of amides is 1. The van der Waals surface area contributed by atoms with E-state index in [9.17, 15) is 9.18 Å². The van der Waals surface area contributed by atoms with Crippen molar-refractivity contribution in [3.05, 3.63) is 24.1 Å². The predicted octanol–water partition coefficient (Wildman–Crippen LogP) is 0.454. The van der Waals surface area contributed by atoms with Crippen LogP contribution >= 0.6 is 0 Å². The molecule has 18 heavy (non-hydrogen) atoms. The number of carbonyl (C=O) groups is 1. The molecule has 0 aliphatic carbocycles. The minimum absolute atomic E-state index is 0.115. The molecule has 1 aromatic rings. The second kappa shape index (κ2) is 6.42. The molecular weight excluding hydrogens is 235 g/mol. The van der Waals surface area contributed by atoms with Crippen LogP contribution in [-0.4, -0.2) is 48.5 Å². The number of nitrogens with one attached hydrogen (secondary N) is 2. The Balaban J connectivity index is 1.82. The van der Waals surface area contributed by atoms with Crippen molar-refractivity contribution < 1.29 is 9.18 Å². The minimum Gasteiger partial charge on any atom is -0.315 e. The summed E-state index contributed by atoms with van der Waals surface area (Å²) in [6.07, 6.45) is 2.13. The summed E-state index contributed by atoms with van der Waals surface area (Å²) in [6.45, 7) is 4.03. The summed E-state index contributed by atoms with van der Waals surface area (Å²) in [4.78, 5) is 17.7. The van der Waals surface area contributed by atoms with Gasteiger partial charge in [-0.25, -0.2) is 9.37 Å². The smallest absolute Gasteiger partial charge is 0.239 e. The molecule has 0 spiro atoms. The number of rotatable bonds is 3. The van der Waals surface area contributed by atoms with Gasteiger partial charge in [0.1, 0.15) is 11.6 Å². The summed E-state index contributed by atoms with van der Waals surface area (Å²) in [5.41, 5.74) is 0. The number of hydrogen-bond acceptors (Lipinski definition) is 4. The summed E-state index contributed by atoms with van der Waals surface area (Å²) < 4.78 is 12.7. The summed E-state index contributed by atoms with van der Waals surface area (Å²) >= 11 is 0. The highest BCUT2D eigenvalue weighted by molar-refractivity contribution is 5.91. The van der Waals surface area contributed by atoms with Crippen molar-refractivity contribution in [3.8, 4) is 0 Å². The van der Waals surface area contributed by atoms with E-state index in [0.29, 0.717) is 12.4 Å². The van der Waals surface area contributed by atoms with Crippen LogP contribution in [-0.2, 0) is 4.79 Å². The summed E-state index contributed by atoms with van der Waals surface area (Å²) in [7, 11) is 0. The van der Waals surface area contributed by atoms with Crippen LogP contribution in [0.25, 0.3) is 0 Å². The van der Waals surface area contributed by atoms with Crippen LogP contribution in [0.2, 0.25) is 0 Å². The maximum atomic E-state index is 12.7. The lowest BCUT2D eigenvalue weighted by molar-refractivity contribution is -0.117. The number of halogens is 1. The fourth-order valence-electron chi connectivity index (χ4n) is 1.89. The number of nitrogens with zero attached hydrogens (tertiary/aromatic N) is 2. The Hall–Kier alpha value is -1.53. The van der Waals surface area contributed by atoms with E-state index in [2.05, 4.69) is 20.5 Å². The van der Waals surface area contributed by atoms with Crippen LogP contribution in [0.3, 0.4) is 0 Å². The van der Waals surface area contributed by atoms with Crippen molar-refractivity contribution in [2.45, 2.75) is 6.42 Å². The van der Waals surface area contributed by atoms with Crippen LogP contribution in [0.15, 0.2) is 18.3 Å². The van der Waals surface area contributed by atoms with Gasteiger partial charge in [-0.05, 0) is 31.6 Å². The zero-order valence-corrected chi connectivity index (χ0v) is 10.2. The normalized spacial score (nSPS) is 17.2. The van der Waals surface area contributed by atoms with Gasteiger partial charge in [-0.3, -0.25) is 9.69 Å². The predicted molar refractivity (Wildman–Crippen MR) is 66.8 cm³/mol. The number of hydrogen-bond donors (Lipinski definition) is 2. The van der Waals surface area contributed by atoms with E-state index >= 15 is 0 Å². The Kier molecular flexibility index (Phi) is 4.60. The highest BCUT2D eigenvalue weighted by Gasteiger charge is 2.12. The zero-order valence-electron chi connectivity index (χ0n) is 10.2. The van der Waals surface area contributed by atoms with Crippen molar-refractivity contribution in [2.75, 3.05) is 38.0 Å². The molecule has 1 aliphatic heterocycles. The molecule has 2 rings (SSSR count). The van der Waals surface area contributed by atoms with Gasteiger partial charge in [0.05, 0.1) is 12.7 Å². The zero-order chi connectivity index (χ0) is 12.8. The quantitative estimate of drug-likeness (QED) is 0.820. The highest BCUT2D eigenvalue weighted by Crippen LogP contribution is 2.04. The van der Waals surface area contributed by atoms with Crippen LogP contribution in [0, 0.1) is 5.82 Å². The van der Waals surface area contributed by atoms with E-state index in [1.165, 1.54) is 12.1 Å². The van der Waals surface area contributed by atoms with Crippen LogP contribution < -0.4 is 10.6 Å². The average Bonchev–Trinajstić information content (AvgIpc) is 2.61. The van der Waals surface area contributed by atoms with E-state index in [-0.39, 0.29) is 5.91 Å². The summed E-state index contributed by atoms with van der Waals surface area (Å²) in [6, 6.07) is 2.73. The van der Waals surface area contributed by atoms with Crippen molar-refractivity contribution >= 4 is 11.7 Å². The molecule has 98 valence electrons. The number of pyridine rings is 1. The van der Waals surface area contributed by atoms with Gasteiger partial charge in [0.25, 0.3) is 0 Å². The Labute approximate surface area is 105 Å². The van der Waals surface area contributed by atoms with Gasteiger partial charge in [0.15, 0.2) is 0 Å². The van der Waals surface area contributed by atoms with Gasteiger partial charge in [-0.15, -0.1) is 0 Å². The van der Waals surface area contributed by atoms with E-state index in [4.69, 9.17) is 0 Å². The first kappa shape index (κ1) is 12.9. The number of carbonyl (C=O) groups excluding carboxylic acids is 1. The fourth-order valence-corrected chi connectivity index (χ4v) is 1.89. The molecule has 1 aliphatic rings. The molecule has 5 nitrogen and oxygen atoms in total. The van der Waals surface area contributed by atoms with Crippen LogP contribution in [0.1, 0.15) is 6.42 Å². The average molecular weight is 252 g/mol. The third-order valence-corrected chi connectivity index (χ3v) is 2.79. The Morgan fingerprint density at radius 1 is 1.44 bits per heavy atom. The van der Waals surface area contributed by atoms with Gasteiger partial charge < -0.3 is 10.6 Å². The van der Waals surface area contributed by atoms with Gasteiger partial charge in [-0.1, -0.05) is 0 Å². The maximum absolute atomic E-state index is 12.7. The molecule has 1 aromatic heterocycles. The van der Waals surface area contributed by atoms with Crippen LogP contribution in [0.5, 0.6) is 0 Å². The number of aromatic nitrogens is 1. The van der Waals surface area contributed by atoms with Crippen molar-refractivity contribution in [1.29, 1.82) is 0 Å². The molecule has 0 aromatic carbocycles. The molecular formula is C12H17FN4O. The van der Waals surface area contributed by atoms with E-state index in [1.54, 1.807) is 0 Å². The third-order valence-electron chi connectivity index (χ3n) is 2.79. The topological polar surface area (TPSA) is 57.3 Å². The first-order valence-electron chi connectivity index (χ1n) is 6.08. The standard InChI is InChI=1S/C12H17FN4O/c13-10-2-3-11(15-8-10)16-12(18)9-17-6-1-4-14-5-7-17/h2-3,8,14H,1,4-7,9H2,(H,15,16,18). The molecule has 1 saturated heterocycles. The maximum Gasteiger partial charge on any atom is 0.239 e. The largest absolute Gasteiger partial charge is 0.315 e. The molecule has 0 atom stereocenters. The first-order chi connectivity index (χ1) is 8.74. The van der Waals surface area contributed by atoms with Crippen molar-refractivity contribution in [1.82, 2.24) is 15.2 Å². The molecule has 1 fully saturated rings. The molecule has 0 radical (unpaired) electrons. The molecule has 1 amide bonds. The van der Waals surface area contributed by atoms with Gasteiger partial charge in [-0.2, -0.15) is 0 Å². The third kappa shape index (κ3) is 4.05. The highest BCUT2D eigenvalue weighted by atomic mass is 19.1. The summed E-state index contributed by atoms with van der Waals surface area (Å²) in [5.74, 6) is -0.142. The van der Waals surface area contributed by atoms with Gasteiger partial charge in [0.2, 0.25) is 5.91 Å². The molecule has 0 bridgehead atoms. The van der Waals surface area contributed by atoms with Gasteiger partial charge in [0, 0.05) is 13.1 Å². The van der Waals surface area contributed by atoms with Gasteiger partial charge >= 0.3 is 0 Å². The minimum atomic E-state index is -0.411. The van der Waals surface area contributed by atoms with Crippen molar-refractivity contribution in [3.63, 3.8) is 0 Å². The molecule has 6 heteroatoms. The lowest BCUT2D eigenvalue weighted by atomic mass is 10.3. The molecule has 0 unspecified atom stereocenters. The second-order valence-corrected chi connectivity index (χ2v) is 4.29. The second-order valence-electron chi connectivity index (χ2n) is 4.29. The Morgan fingerprint density at radius 2 is 2.33 bits per heavy atom. The Morgan fingerprint density at radius 3 is 3.11 bits per heavy atom. The molecule has 2 N–H and O–H groups in total. The van der Waals surface area contributed by atoms with E-state index < -0.39 is 5.82 Å². The van der Waals surface area contributed by atoms with E-state index in [0.717, 1.165) is 38.8 Å². The van der Waals surface area contributed by atoms with Crippen LogP contribution in [0.4, 0.5) is 10.2 Å². The lowest BCUT2D eigenvalue weighted by Gasteiger charge is -2.18. The van der Waals surface area contributed by atoms with Crippen molar-refractivity contribution in [2.24, 2.45) is 0 Å².